The second-order valence-corrected chi connectivity index (χ2v) is 6.59. The van der Waals surface area contributed by atoms with Crippen molar-refractivity contribution in [1.29, 1.82) is 0 Å². The van der Waals surface area contributed by atoms with Crippen LogP contribution in [0.15, 0.2) is 18.2 Å². The van der Waals surface area contributed by atoms with E-state index >= 15 is 0 Å². The van der Waals surface area contributed by atoms with Crippen LogP contribution < -0.4 is 0 Å². The first-order valence-electron chi connectivity index (χ1n) is 7.39. The fraction of sp³-hybridized carbons (Fsp3) is 0.562. The smallest absolute Gasteiger partial charge is 0.124 e. The fourth-order valence-corrected chi connectivity index (χ4v) is 3.94. The molecule has 3 rings (SSSR count). The summed E-state index contributed by atoms with van der Waals surface area (Å²) in [5, 5.41) is 0.713. The molecule has 2 aromatic rings. The van der Waals surface area contributed by atoms with Gasteiger partial charge in [0.05, 0.1) is 16.4 Å². The molecule has 0 amide bonds. The molecule has 0 saturated heterocycles. The SMILES string of the molecule is CCC1(Cn2c(CCl)nc3c(Cl)cccc32)CCCC1. The van der Waals surface area contributed by atoms with Crippen molar-refractivity contribution in [2.45, 2.75) is 51.5 Å². The standard InChI is InChI=1S/C16H20Cl2N2/c1-2-16(8-3-4-9-16)11-20-13-7-5-6-12(18)15(13)19-14(20)10-17/h5-7H,2-4,8-11H2,1H3. The highest BCUT2D eigenvalue weighted by atomic mass is 35.5. The van der Waals surface area contributed by atoms with Crippen molar-refractivity contribution in [3.63, 3.8) is 0 Å². The van der Waals surface area contributed by atoms with Crippen LogP contribution in [-0.2, 0) is 12.4 Å². The van der Waals surface area contributed by atoms with Crippen molar-refractivity contribution in [3.05, 3.63) is 29.0 Å². The van der Waals surface area contributed by atoms with Crippen LogP contribution in [0, 0.1) is 5.41 Å². The van der Waals surface area contributed by atoms with Crippen molar-refractivity contribution in [1.82, 2.24) is 9.55 Å². The summed E-state index contributed by atoms with van der Waals surface area (Å²) in [5.41, 5.74) is 2.42. The molecule has 1 aliphatic rings. The molecule has 0 N–H and O–H groups in total. The van der Waals surface area contributed by atoms with Crippen LogP contribution in [0.5, 0.6) is 0 Å². The lowest BCUT2D eigenvalue weighted by atomic mass is 9.83. The van der Waals surface area contributed by atoms with Gasteiger partial charge in [-0.05, 0) is 36.8 Å². The van der Waals surface area contributed by atoms with Gasteiger partial charge in [0.2, 0.25) is 0 Å². The van der Waals surface area contributed by atoms with Crippen molar-refractivity contribution in [2.24, 2.45) is 5.41 Å². The van der Waals surface area contributed by atoms with E-state index in [9.17, 15) is 0 Å². The lowest BCUT2D eigenvalue weighted by Gasteiger charge is -2.29. The van der Waals surface area contributed by atoms with Crippen molar-refractivity contribution in [3.8, 4) is 0 Å². The minimum absolute atomic E-state index is 0.413. The summed E-state index contributed by atoms with van der Waals surface area (Å²) < 4.78 is 2.29. The Labute approximate surface area is 130 Å². The molecule has 20 heavy (non-hydrogen) atoms. The lowest BCUT2D eigenvalue weighted by molar-refractivity contribution is 0.238. The minimum atomic E-state index is 0.413. The molecule has 1 aromatic carbocycles. The summed E-state index contributed by atoms with van der Waals surface area (Å²) in [6.45, 7) is 3.32. The maximum absolute atomic E-state index is 6.27. The molecule has 1 saturated carbocycles. The number of benzene rings is 1. The van der Waals surface area contributed by atoms with Crippen molar-refractivity contribution >= 4 is 34.2 Å². The Balaban J connectivity index is 2.08. The maximum Gasteiger partial charge on any atom is 0.124 e. The van der Waals surface area contributed by atoms with E-state index in [1.165, 1.54) is 32.1 Å². The van der Waals surface area contributed by atoms with Crippen LogP contribution in [0.1, 0.15) is 44.9 Å². The zero-order valence-electron chi connectivity index (χ0n) is 11.8. The zero-order chi connectivity index (χ0) is 14.2. The summed E-state index contributed by atoms with van der Waals surface area (Å²) >= 11 is 12.4. The van der Waals surface area contributed by atoms with Gasteiger partial charge in [-0.15, -0.1) is 11.6 Å². The predicted octanol–water partition coefficient (Wildman–Crippen LogP) is 5.40. The molecule has 0 bridgehead atoms. The molecule has 1 heterocycles. The Kier molecular flexibility index (Phi) is 3.96. The lowest BCUT2D eigenvalue weighted by Crippen LogP contribution is -2.23. The van der Waals surface area contributed by atoms with Gasteiger partial charge in [-0.3, -0.25) is 0 Å². The molecule has 0 unspecified atom stereocenters. The van der Waals surface area contributed by atoms with Gasteiger partial charge < -0.3 is 4.57 Å². The molecule has 0 aliphatic heterocycles. The molecule has 4 heteroatoms. The quantitative estimate of drug-likeness (QED) is 0.691. The first kappa shape index (κ1) is 14.2. The number of hydrogen-bond donors (Lipinski definition) is 0. The number of imidazole rings is 1. The van der Waals surface area contributed by atoms with Gasteiger partial charge in [0, 0.05) is 6.54 Å². The van der Waals surface area contributed by atoms with Crippen LogP contribution in [0.2, 0.25) is 5.02 Å². The molecule has 2 nitrogen and oxygen atoms in total. The molecular weight excluding hydrogens is 291 g/mol. The number of para-hydroxylation sites is 1. The van der Waals surface area contributed by atoms with E-state index in [4.69, 9.17) is 23.2 Å². The van der Waals surface area contributed by atoms with Gasteiger partial charge in [-0.25, -0.2) is 4.98 Å². The average Bonchev–Trinajstić information content (AvgIpc) is 3.06. The summed E-state index contributed by atoms with van der Waals surface area (Å²) in [5.74, 6) is 1.37. The molecule has 0 radical (unpaired) electrons. The predicted molar refractivity (Wildman–Crippen MR) is 85.5 cm³/mol. The van der Waals surface area contributed by atoms with Crippen LogP contribution in [0.25, 0.3) is 11.0 Å². The van der Waals surface area contributed by atoms with E-state index in [-0.39, 0.29) is 0 Å². The van der Waals surface area contributed by atoms with Gasteiger partial charge in [-0.2, -0.15) is 0 Å². The number of fused-ring (bicyclic) bond motifs is 1. The second-order valence-electron chi connectivity index (χ2n) is 5.92. The Morgan fingerprint density at radius 1 is 1.30 bits per heavy atom. The van der Waals surface area contributed by atoms with Gasteiger partial charge in [0.25, 0.3) is 0 Å². The number of alkyl halides is 1. The van der Waals surface area contributed by atoms with E-state index in [0.29, 0.717) is 16.3 Å². The Morgan fingerprint density at radius 3 is 2.70 bits per heavy atom. The number of nitrogens with zero attached hydrogens (tertiary/aromatic N) is 2. The summed E-state index contributed by atoms with van der Waals surface area (Å²) in [6, 6.07) is 5.99. The van der Waals surface area contributed by atoms with E-state index in [0.717, 1.165) is 23.4 Å². The van der Waals surface area contributed by atoms with Gasteiger partial charge >= 0.3 is 0 Å². The van der Waals surface area contributed by atoms with Crippen LogP contribution in [0.4, 0.5) is 0 Å². The van der Waals surface area contributed by atoms with Gasteiger partial charge in [0.1, 0.15) is 11.3 Å². The average molecular weight is 311 g/mol. The molecule has 0 spiro atoms. The van der Waals surface area contributed by atoms with E-state index in [1.807, 2.05) is 12.1 Å². The highest BCUT2D eigenvalue weighted by Crippen LogP contribution is 2.43. The third-order valence-corrected chi connectivity index (χ3v) is 5.38. The Hall–Kier alpha value is -0.730. The van der Waals surface area contributed by atoms with Gasteiger partial charge in [0.15, 0.2) is 0 Å². The molecular formula is C16H20Cl2N2. The first-order chi connectivity index (χ1) is 9.69. The van der Waals surface area contributed by atoms with Crippen LogP contribution in [0.3, 0.4) is 0 Å². The van der Waals surface area contributed by atoms with E-state index in [2.05, 4.69) is 22.5 Å². The zero-order valence-corrected chi connectivity index (χ0v) is 13.3. The highest BCUT2D eigenvalue weighted by Gasteiger charge is 2.33. The minimum Gasteiger partial charge on any atom is -0.326 e. The molecule has 108 valence electrons. The summed E-state index contributed by atoms with van der Waals surface area (Å²) in [7, 11) is 0. The second kappa shape index (κ2) is 5.57. The monoisotopic (exact) mass is 310 g/mol. The van der Waals surface area contributed by atoms with Gasteiger partial charge in [-0.1, -0.05) is 37.4 Å². The van der Waals surface area contributed by atoms with Crippen LogP contribution in [-0.4, -0.2) is 9.55 Å². The molecule has 1 aromatic heterocycles. The molecule has 1 fully saturated rings. The topological polar surface area (TPSA) is 17.8 Å². The third-order valence-electron chi connectivity index (χ3n) is 4.84. The largest absolute Gasteiger partial charge is 0.326 e. The number of hydrogen-bond acceptors (Lipinski definition) is 1. The molecule has 1 aliphatic carbocycles. The number of halogens is 2. The van der Waals surface area contributed by atoms with Crippen LogP contribution >= 0.6 is 23.2 Å². The normalized spacial score (nSPS) is 17.9. The summed E-state index contributed by atoms with van der Waals surface area (Å²) in [4.78, 5) is 4.64. The van der Waals surface area contributed by atoms with E-state index in [1.54, 1.807) is 0 Å². The molecule has 0 atom stereocenters. The first-order valence-corrected chi connectivity index (χ1v) is 8.30. The van der Waals surface area contributed by atoms with Crippen molar-refractivity contribution < 1.29 is 0 Å². The number of rotatable bonds is 4. The van der Waals surface area contributed by atoms with Crippen molar-refractivity contribution in [2.75, 3.05) is 0 Å². The number of aromatic nitrogens is 2. The third kappa shape index (κ3) is 2.33. The maximum atomic E-state index is 6.27. The highest BCUT2D eigenvalue weighted by molar-refractivity contribution is 6.35. The Morgan fingerprint density at radius 2 is 2.05 bits per heavy atom. The fourth-order valence-electron chi connectivity index (χ4n) is 3.52. The Bertz CT molecular complexity index is 612. The summed E-state index contributed by atoms with van der Waals surface area (Å²) in [6.07, 6.45) is 6.53. The van der Waals surface area contributed by atoms with E-state index < -0.39 is 0 Å².